The number of carbonyl (C=O) groups excluding carboxylic acids is 1. The molecule has 0 spiro atoms. The number of anilines is 1. The number of nitrogens with zero attached hydrogens (tertiary/aromatic N) is 3. The fourth-order valence-electron chi connectivity index (χ4n) is 3.95. The van der Waals surface area contributed by atoms with E-state index < -0.39 is 0 Å². The summed E-state index contributed by atoms with van der Waals surface area (Å²) in [6, 6.07) is 19.5. The monoisotopic (exact) mass is 498 g/mol. The number of aryl methyl sites for hydroxylation is 1. The molecule has 0 unspecified atom stereocenters. The largest absolute Gasteiger partial charge is 0.497 e. The van der Waals surface area contributed by atoms with Crippen molar-refractivity contribution in [2.45, 2.75) is 6.92 Å². The van der Waals surface area contributed by atoms with Crippen LogP contribution in [0.15, 0.2) is 76.9 Å². The maximum Gasteiger partial charge on any atom is 0.265 e. The van der Waals surface area contributed by atoms with Gasteiger partial charge >= 0.3 is 0 Å². The Morgan fingerprint density at radius 3 is 2.50 bits per heavy atom. The van der Waals surface area contributed by atoms with Gasteiger partial charge in [-0.2, -0.15) is 0 Å². The number of benzene rings is 3. The highest BCUT2D eigenvalue weighted by atomic mass is 32.1. The smallest absolute Gasteiger partial charge is 0.265 e. The zero-order valence-corrected chi connectivity index (χ0v) is 20.6. The molecule has 3 aromatic carbocycles. The Bertz CT molecular complexity index is 1640. The van der Waals surface area contributed by atoms with Gasteiger partial charge in [-0.05, 0) is 61.5 Å². The molecule has 2 heterocycles. The minimum atomic E-state index is -0.305. The molecule has 5 rings (SSSR count). The molecule has 0 radical (unpaired) electrons. The number of aromatic nitrogens is 3. The third-order valence-corrected chi connectivity index (χ3v) is 6.50. The molecule has 0 aliphatic carbocycles. The molecule has 2 aromatic heterocycles. The fourth-order valence-corrected chi connectivity index (χ4v) is 4.65. The van der Waals surface area contributed by atoms with Gasteiger partial charge in [-0.1, -0.05) is 12.1 Å². The molecule has 180 valence electrons. The Kier molecular flexibility index (Phi) is 6.22. The number of nitrogens with one attached hydrogen (secondary N) is 1. The summed E-state index contributed by atoms with van der Waals surface area (Å²) in [5.41, 5.74) is 3.01. The van der Waals surface area contributed by atoms with Crippen molar-refractivity contribution in [1.29, 1.82) is 0 Å². The molecule has 1 N–H and O–H groups in total. The Balaban J connectivity index is 1.38. The summed E-state index contributed by atoms with van der Waals surface area (Å²) < 4.78 is 12.3. The summed E-state index contributed by atoms with van der Waals surface area (Å²) in [6.07, 6.45) is 0. The van der Waals surface area contributed by atoms with Gasteiger partial charge in [-0.3, -0.25) is 19.5 Å². The number of carbonyl (C=O) groups is 1. The van der Waals surface area contributed by atoms with Crippen molar-refractivity contribution in [3.63, 3.8) is 0 Å². The Labute approximate surface area is 210 Å². The van der Waals surface area contributed by atoms with Crippen LogP contribution in [-0.2, 0) is 0 Å². The minimum Gasteiger partial charge on any atom is -0.497 e. The van der Waals surface area contributed by atoms with Crippen molar-refractivity contribution < 1.29 is 14.3 Å². The molecule has 1 amide bonds. The van der Waals surface area contributed by atoms with Crippen LogP contribution in [0.5, 0.6) is 11.5 Å². The first-order chi connectivity index (χ1) is 17.5. The van der Waals surface area contributed by atoms with Crippen LogP contribution in [0.2, 0.25) is 0 Å². The van der Waals surface area contributed by atoms with Gasteiger partial charge in [0, 0.05) is 16.5 Å². The minimum absolute atomic E-state index is 0.154. The highest BCUT2D eigenvalue weighted by molar-refractivity contribution is 7.14. The Morgan fingerprint density at radius 2 is 1.75 bits per heavy atom. The van der Waals surface area contributed by atoms with Crippen LogP contribution in [0.25, 0.3) is 27.8 Å². The number of hydrogen-bond acceptors (Lipinski definition) is 7. The van der Waals surface area contributed by atoms with E-state index in [4.69, 9.17) is 9.47 Å². The average Bonchev–Trinajstić information content (AvgIpc) is 3.37. The van der Waals surface area contributed by atoms with Gasteiger partial charge < -0.3 is 9.47 Å². The van der Waals surface area contributed by atoms with Crippen LogP contribution in [0, 0.1) is 6.92 Å². The molecular weight excluding hydrogens is 476 g/mol. The number of rotatable bonds is 6. The van der Waals surface area contributed by atoms with Crippen molar-refractivity contribution in [2.75, 3.05) is 19.5 Å². The van der Waals surface area contributed by atoms with E-state index in [1.165, 1.54) is 11.3 Å². The van der Waals surface area contributed by atoms with Crippen molar-refractivity contribution in [2.24, 2.45) is 0 Å². The van der Waals surface area contributed by atoms with Crippen LogP contribution < -0.4 is 20.3 Å². The van der Waals surface area contributed by atoms with Crippen LogP contribution >= 0.6 is 11.3 Å². The van der Waals surface area contributed by atoms with E-state index in [1.54, 1.807) is 56.0 Å². The molecule has 0 bridgehead atoms. The topological polar surface area (TPSA) is 95.3 Å². The van der Waals surface area contributed by atoms with E-state index >= 15 is 0 Å². The molecule has 0 saturated heterocycles. The number of thiazole rings is 1. The molecule has 0 atom stereocenters. The average molecular weight is 499 g/mol. The van der Waals surface area contributed by atoms with Crippen LogP contribution in [0.1, 0.15) is 16.2 Å². The fraction of sp³-hybridized carbons (Fsp3) is 0.111. The third kappa shape index (κ3) is 4.32. The van der Waals surface area contributed by atoms with E-state index in [1.807, 2.05) is 41.8 Å². The standard InChI is InChI=1S/C27H22N4O4S/c1-16-28-22-7-5-4-6-20(22)26(33)31(16)18-10-8-17(9-11-18)25(32)30-27-29-23(15-36-27)21-14-19(34-2)12-13-24(21)35-3/h4-15H,1-3H3,(H,29,30,32). The van der Waals surface area contributed by atoms with Gasteiger partial charge in [0.05, 0.1) is 36.5 Å². The van der Waals surface area contributed by atoms with Crippen molar-refractivity contribution in [3.05, 3.63) is 93.9 Å². The number of methoxy groups -OCH3 is 2. The van der Waals surface area contributed by atoms with Gasteiger partial charge in [0.25, 0.3) is 11.5 Å². The zero-order valence-electron chi connectivity index (χ0n) is 19.8. The second kappa shape index (κ2) is 9.63. The quantitative estimate of drug-likeness (QED) is 0.351. The number of ether oxygens (including phenoxy) is 2. The number of amides is 1. The molecule has 5 aromatic rings. The second-order valence-corrected chi connectivity index (χ2v) is 8.78. The molecule has 8 nitrogen and oxygen atoms in total. The highest BCUT2D eigenvalue weighted by Crippen LogP contribution is 2.35. The van der Waals surface area contributed by atoms with Crippen molar-refractivity contribution in [1.82, 2.24) is 14.5 Å². The second-order valence-electron chi connectivity index (χ2n) is 7.92. The lowest BCUT2D eigenvalue weighted by atomic mass is 10.1. The van der Waals surface area contributed by atoms with E-state index in [-0.39, 0.29) is 11.5 Å². The lowest BCUT2D eigenvalue weighted by Gasteiger charge is -2.11. The van der Waals surface area contributed by atoms with E-state index in [0.717, 1.165) is 5.56 Å². The van der Waals surface area contributed by atoms with Crippen molar-refractivity contribution >= 4 is 33.3 Å². The van der Waals surface area contributed by atoms with E-state index in [2.05, 4.69) is 15.3 Å². The number of fused-ring (bicyclic) bond motifs is 1. The predicted octanol–water partition coefficient (Wildman–Crippen LogP) is 5.09. The van der Waals surface area contributed by atoms with Crippen LogP contribution in [0.4, 0.5) is 5.13 Å². The van der Waals surface area contributed by atoms with Gasteiger partial charge in [0.15, 0.2) is 5.13 Å². The summed E-state index contributed by atoms with van der Waals surface area (Å²) >= 11 is 1.31. The molecule has 0 aliphatic rings. The maximum atomic E-state index is 13.0. The van der Waals surface area contributed by atoms with Gasteiger partial charge in [0.1, 0.15) is 17.3 Å². The number of para-hydroxylation sites is 1. The Morgan fingerprint density at radius 1 is 0.972 bits per heavy atom. The Hall–Kier alpha value is -4.50. The third-order valence-electron chi connectivity index (χ3n) is 5.74. The SMILES string of the molecule is COc1ccc(OC)c(-c2csc(NC(=O)c3ccc(-n4c(C)nc5ccccc5c4=O)cc3)n2)c1. The highest BCUT2D eigenvalue weighted by Gasteiger charge is 2.15. The lowest BCUT2D eigenvalue weighted by molar-refractivity contribution is 0.102. The number of hydrogen-bond donors (Lipinski definition) is 1. The lowest BCUT2D eigenvalue weighted by Crippen LogP contribution is -2.22. The first-order valence-electron chi connectivity index (χ1n) is 11.1. The maximum absolute atomic E-state index is 13.0. The summed E-state index contributed by atoms with van der Waals surface area (Å²) in [4.78, 5) is 35.0. The van der Waals surface area contributed by atoms with E-state index in [0.29, 0.717) is 50.3 Å². The van der Waals surface area contributed by atoms with Crippen LogP contribution in [0.3, 0.4) is 0 Å². The van der Waals surface area contributed by atoms with Gasteiger partial charge in [-0.15, -0.1) is 11.3 Å². The van der Waals surface area contributed by atoms with E-state index in [9.17, 15) is 9.59 Å². The first-order valence-corrected chi connectivity index (χ1v) is 11.9. The molecule has 36 heavy (non-hydrogen) atoms. The van der Waals surface area contributed by atoms with Crippen LogP contribution in [-0.4, -0.2) is 34.7 Å². The summed E-state index contributed by atoms with van der Waals surface area (Å²) in [6.45, 7) is 1.78. The molecule has 0 saturated carbocycles. The normalized spacial score (nSPS) is 10.9. The zero-order chi connectivity index (χ0) is 25.2. The first kappa shape index (κ1) is 23.3. The summed E-state index contributed by atoms with van der Waals surface area (Å²) in [5.74, 6) is 1.60. The molecular formula is C27H22N4O4S. The summed E-state index contributed by atoms with van der Waals surface area (Å²) in [5, 5.41) is 5.67. The molecule has 0 fully saturated rings. The van der Waals surface area contributed by atoms with Gasteiger partial charge in [-0.25, -0.2) is 9.97 Å². The summed E-state index contributed by atoms with van der Waals surface area (Å²) in [7, 11) is 3.19. The molecule has 0 aliphatic heterocycles. The van der Waals surface area contributed by atoms with Gasteiger partial charge in [0.2, 0.25) is 0 Å². The molecule has 9 heteroatoms. The van der Waals surface area contributed by atoms with Crippen molar-refractivity contribution in [3.8, 4) is 28.4 Å². The predicted molar refractivity (Wildman–Crippen MR) is 141 cm³/mol.